The standard InChI is InChI=1S/C13H15NO4/c15-11-4-2-1-3-10(11)12(16)14-9-6-5-8(7-9)13(17)18/h1-4,8-9,15H,5-7H2,(H,14,16)(H,17,18). The summed E-state index contributed by atoms with van der Waals surface area (Å²) >= 11 is 0. The molecule has 0 aromatic heterocycles. The number of carboxylic acids is 1. The third-order valence-electron chi connectivity index (χ3n) is 3.27. The van der Waals surface area contributed by atoms with Crippen molar-refractivity contribution in [1.82, 2.24) is 5.32 Å². The molecule has 3 N–H and O–H groups in total. The summed E-state index contributed by atoms with van der Waals surface area (Å²) in [6.45, 7) is 0. The van der Waals surface area contributed by atoms with Crippen LogP contribution >= 0.6 is 0 Å². The van der Waals surface area contributed by atoms with E-state index in [2.05, 4.69) is 5.32 Å². The van der Waals surface area contributed by atoms with Crippen LogP contribution in [0.3, 0.4) is 0 Å². The van der Waals surface area contributed by atoms with Crippen molar-refractivity contribution >= 4 is 11.9 Å². The first kappa shape index (κ1) is 12.4. The van der Waals surface area contributed by atoms with Crippen LogP contribution in [0.4, 0.5) is 0 Å². The normalized spacial score (nSPS) is 22.7. The zero-order chi connectivity index (χ0) is 13.1. The molecule has 0 saturated heterocycles. The van der Waals surface area contributed by atoms with Crippen molar-refractivity contribution in [3.8, 4) is 5.75 Å². The quantitative estimate of drug-likeness (QED) is 0.755. The van der Waals surface area contributed by atoms with E-state index in [4.69, 9.17) is 5.11 Å². The molecule has 96 valence electrons. The van der Waals surface area contributed by atoms with Gasteiger partial charge in [-0.15, -0.1) is 0 Å². The largest absolute Gasteiger partial charge is 0.507 e. The summed E-state index contributed by atoms with van der Waals surface area (Å²) in [7, 11) is 0. The monoisotopic (exact) mass is 249 g/mol. The molecule has 5 heteroatoms. The minimum Gasteiger partial charge on any atom is -0.507 e. The summed E-state index contributed by atoms with van der Waals surface area (Å²) in [6, 6.07) is 6.17. The van der Waals surface area contributed by atoms with E-state index < -0.39 is 5.97 Å². The molecule has 0 radical (unpaired) electrons. The molecule has 0 heterocycles. The predicted octanol–water partition coefficient (Wildman–Crippen LogP) is 1.38. The lowest BCUT2D eigenvalue weighted by Crippen LogP contribution is -2.33. The molecule has 0 aliphatic heterocycles. The van der Waals surface area contributed by atoms with Gasteiger partial charge in [0.2, 0.25) is 0 Å². The molecule has 0 spiro atoms. The van der Waals surface area contributed by atoms with E-state index in [-0.39, 0.29) is 29.2 Å². The number of carbonyl (C=O) groups excluding carboxylic acids is 1. The van der Waals surface area contributed by atoms with Crippen molar-refractivity contribution in [3.05, 3.63) is 29.8 Å². The average molecular weight is 249 g/mol. The van der Waals surface area contributed by atoms with Gasteiger partial charge in [0.05, 0.1) is 11.5 Å². The Labute approximate surface area is 104 Å². The van der Waals surface area contributed by atoms with Crippen LogP contribution in [0.1, 0.15) is 29.6 Å². The first-order valence-corrected chi connectivity index (χ1v) is 5.89. The second-order valence-corrected chi connectivity index (χ2v) is 4.54. The Morgan fingerprint density at radius 3 is 2.56 bits per heavy atom. The molecule has 2 atom stereocenters. The van der Waals surface area contributed by atoms with Gasteiger partial charge in [-0.1, -0.05) is 12.1 Å². The van der Waals surface area contributed by atoms with Crippen LogP contribution in [0.25, 0.3) is 0 Å². The number of rotatable bonds is 3. The van der Waals surface area contributed by atoms with E-state index in [0.717, 1.165) is 0 Å². The molecule has 1 fully saturated rings. The molecule has 0 bridgehead atoms. The van der Waals surface area contributed by atoms with Gasteiger partial charge in [0.25, 0.3) is 5.91 Å². The highest BCUT2D eigenvalue weighted by Crippen LogP contribution is 2.26. The molecule has 1 aromatic rings. The fourth-order valence-corrected chi connectivity index (χ4v) is 2.27. The summed E-state index contributed by atoms with van der Waals surface area (Å²) in [6.07, 6.45) is 1.70. The zero-order valence-electron chi connectivity index (χ0n) is 9.80. The second-order valence-electron chi connectivity index (χ2n) is 4.54. The highest BCUT2D eigenvalue weighted by Gasteiger charge is 2.30. The first-order chi connectivity index (χ1) is 8.58. The molecule has 1 amide bonds. The Balaban J connectivity index is 1.97. The van der Waals surface area contributed by atoms with E-state index in [0.29, 0.717) is 19.3 Å². The molecule has 2 rings (SSSR count). The fourth-order valence-electron chi connectivity index (χ4n) is 2.27. The van der Waals surface area contributed by atoms with Gasteiger partial charge >= 0.3 is 5.97 Å². The summed E-state index contributed by atoms with van der Waals surface area (Å²) in [5.74, 6) is -1.61. The number of amides is 1. The zero-order valence-corrected chi connectivity index (χ0v) is 9.80. The van der Waals surface area contributed by atoms with E-state index in [1.54, 1.807) is 12.1 Å². The van der Waals surface area contributed by atoms with E-state index in [1.165, 1.54) is 12.1 Å². The minimum absolute atomic E-state index is 0.0669. The number of hydrogen-bond acceptors (Lipinski definition) is 3. The molecule has 2 unspecified atom stereocenters. The van der Waals surface area contributed by atoms with Crippen LogP contribution in [0, 0.1) is 5.92 Å². The number of carbonyl (C=O) groups is 2. The van der Waals surface area contributed by atoms with Gasteiger partial charge in [-0.05, 0) is 31.4 Å². The fraction of sp³-hybridized carbons (Fsp3) is 0.385. The van der Waals surface area contributed by atoms with E-state index in [9.17, 15) is 14.7 Å². The Kier molecular flexibility index (Phi) is 3.50. The number of phenolic OH excluding ortho intramolecular Hbond substituents is 1. The van der Waals surface area contributed by atoms with Crippen molar-refractivity contribution in [2.45, 2.75) is 25.3 Å². The lowest BCUT2D eigenvalue weighted by molar-refractivity contribution is -0.141. The number of phenols is 1. The van der Waals surface area contributed by atoms with Gasteiger partial charge < -0.3 is 15.5 Å². The second kappa shape index (κ2) is 5.08. The van der Waals surface area contributed by atoms with Crippen LogP contribution in [-0.4, -0.2) is 28.1 Å². The van der Waals surface area contributed by atoms with Crippen molar-refractivity contribution in [1.29, 1.82) is 0 Å². The number of benzene rings is 1. The smallest absolute Gasteiger partial charge is 0.306 e. The maximum Gasteiger partial charge on any atom is 0.306 e. The minimum atomic E-state index is -0.811. The molecule has 18 heavy (non-hydrogen) atoms. The molecule has 1 aromatic carbocycles. The van der Waals surface area contributed by atoms with Crippen molar-refractivity contribution in [2.75, 3.05) is 0 Å². The van der Waals surface area contributed by atoms with Crippen molar-refractivity contribution < 1.29 is 19.8 Å². The number of carboxylic acid groups (broad SMARTS) is 1. The summed E-state index contributed by atoms with van der Waals surface area (Å²) < 4.78 is 0. The van der Waals surface area contributed by atoms with Crippen LogP contribution in [0.15, 0.2) is 24.3 Å². The number of para-hydroxylation sites is 1. The molecule has 1 saturated carbocycles. The van der Waals surface area contributed by atoms with Gasteiger partial charge in [0, 0.05) is 6.04 Å². The Morgan fingerprint density at radius 1 is 1.22 bits per heavy atom. The molecular weight excluding hydrogens is 234 g/mol. The highest BCUT2D eigenvalue weighted by molar-refractivity contribution is 5.97. The number of aliphatic carboxylic acids is 1. The number of nitrogens with one attached hydrogen (secondary N) is 1. The topological polar surface area (TPSA) is 86.6 Å². The molecule has 5 nitrogen and oxygen atoms in total. The van der Waals surface area contributed by atoms with Gasteiger partial charge in [-0.2, -0.15) is 0 Å². The van der Waals surface area contributed by atoms with Gasteiger partial charge in [0.1, 0.15) is 5.75 Å². The Hall–Kier alpha value is -2.04. The molecular formula is C13H15NO4. The van der Waals surface area contributed by atoms with Crippen molar-refractivity contribution in [2.24, 2.45) is 5.92 Å². The number of aromatic hydroxyl groups is 1. The van der Waals surface area contributed by atoms with Gasteiger partial charge in [0.15, 0.2) is 0 Å². The summed E-state index contributed by atoms with van der Waals surface area (Å²) in [5.41, 5.74) is 0.219. The SMILES string of the molecule is O=C(NC1CCC(C(=O)O)C1)c1ccccc1O. The number of hydrogen-bond donors (Lipinski definition) is 3. The van der Waals surface area contributed by atoms with Crippen LogP contribution in [-0.2, 0) is 4.79 Å². The van der Waals surface area contributed by atoms with Gasteiger partial charge in [-0.25, -0.2) is 0 Å². The maximum atomic E-state index is 11.9. The first-order valence-electron chi connectivity index (χ1n) is 5.89. The van der Waals surface area contributed by atoms with Crippen LogP contribution < -0.4 is 5.32 Å². The third kappa shape index (κ3) is 2.61. The third-order valence-corrected chi connectivity index (χ3v) is 3.27. The predicted molar refractivity (Wildman–Crippen MR) is 64.3 cm³/mol. The molecule has 1 aliphatic carbocycles. The van der Waals surface area contributed by atoms with Gasteiger partial charge in [-0.3, -0.25) is 9.59 Å². The Morgan fingerprint density at radius 2 is 1.94 bits per heavy atom. The van der Waals surface area contributed by atoms with E-state index >= 15 is 0 Å². The highest BCUT2D eigenvalue weighted by atomic mass is 16.4. The Bertz CT molecular complexity index is 472. The van der Waals surface area contributed by atoms with Crippen molar-refractivity contribution in [3.63, 3.8) is 0 Å². The summed E-state index contributed by atoms with van der Waals surface area (Å²) in [4.78, 5) is 22.7. The van der Waals surface area contributed by atoms with E-state index in [1.807, 2.05) is 0 Å². The van der Waals surface area contributed by atoms with Crippen LogP contribution in [0.2, 0.25) is 0 Å². The van der Waals surface area contributed by atoms with Crippen LogP contribution in [0.5, 0.6) is 5.75 Å². The lowest BCUT2D eigenvalue weighted by atomic mass is 10.1. The summed E-state index contributed by atoms with van der Waals surface area (Å²) in [5, 5.41) is 21.2. The maximum absolute atomic E-state index is 11.9. The molecule has 1 aliphatic rings. The average Bonchev–Trinajstić information content (AvgIpc) is 2.78. The lowest BCUT2D eigenvalue weighted by Gasteiger charge is -2.13.